The molecular formula is C22H21ClN6O2. The molecule has 0 aliphatic heterocycles. The molecule has 158 valence electrons. The Labute approximate surface area is 183 Å². The van der Waals surface area contributed by atoms with Crippen LogP contribution in [-0.2, 0) is 17.8 Å². The quantitative estimate of drug-likeness (QED) is 0.411. The summed E-state index contributed by atoms with van der Waals surface area (Å²) < 4.78 is 1.30. The summed E-state index contributed by atoms with van der Waals surface area (Å²) in [6.07, 6.45) is 0.422. The highest BCUT2D eigenvalue weighted by atomic mass is 35.5. The number of nitrogens with one attached hydrogen (secondary N) is 3. The van der Waals surface area contributed by atoms with E-state index >= 15 is 0 Å². The lowest BCUT2D eigenvalue weighted by Gasteiger charge is -2.07. The highest BCUT2D eigenvalue weighted by Gasteiger charge is 2.15. The van der Waals surface area contributed by atoms with Gasteiger partial charge < -0.3 is 10.6 Å². The van der Waals surface area contributed by atoms with Gasteiger partial charge in [-0.3, -0.25) is 14.7 Å². The van der Waals surface area contributed by atoms with Crippen LogP contribution in [0, 0.1) is 6.92 Å². The highest BCUT2D eigenvalue weighted by molar-refractivity contribution is 6.30. The number of fused-ring (bicyclic) bond motifs is 1. The summed E-state index contributed by atoms with van der Waals surface area (Å²) >= 11 is 5.86. The number of hydrogen-bond donors (Lipinski definition) is 3. The van der Waals surface area contributed by atoms with Gasteiger partial charge in [0.2, 0.25) is 11.9 Å². The average Bonchev–Trinajstić information content (AvgIpc) is 3.17. The predicted octanol–water partition coefficient (Wildman–Crippen LogP) is 3.56. The van der Waals surface area contributed by atoms with Crippen LogP contribution in [0.15, 0.2) is 59.4 Å². The highest BCUT2D eigenvalue weighted by Crippen LogP contribution is 2.14. The zero-order valence-corrected chi connectivity index (χ0v) is 17.6. The SMILES string of the molecule is Cc1nc2nc(NCc3ccccc3)[nH]n2c(=O)c1CCC(=O)Nc1ccc(Cl)cc1. The molecule has 8 nitrogen and oxygen atoms in total. The Morgan fingerprint density at radius 2 is 1.84 bits per heavy atom. The molecule has 0 bridgehead atoms. The number of H-pyrrole nitrogens is 1. The van der Waals surface area contributed by atoms with Crippen molar-refractivity contribution < 1.29 is 4.79 Å². The third-order valence-corrected chi connectivity index (χ3v) is 5.08. The van der Waals surface area contributed by atoms with Gasteiger partial charge in [-0.1, -0.05) is 41.9 Å². The summed E-state index contributed by atoms with van der Waals surface area (Å²) in [4.78, 5) is 34.0. The number of carbonyl (C=O) groups excluding carboxylic acids is 1. The third kappa shape index (κ3) is 4.92. The van der Waals surface area contributed by atoms with Gasteiger partial charge in [-0.15, -0.1) is 0 Å². The minimum absolute atomic E-state index is 0.152. The molecule has 0 fully saturated rings. The Hall–Kier alpha value is -3.65. The number of rotatable bonds is 7. The molecule has 0 aliphatic carbocycles. The summed E-state index contributed by atoms with van der Waals surface area (Å²) in [6.45, 7) is 2.31. The molecule has 3 N–H and O–H groups in total. The standard InChI is InChI=1S/C22H21ClN6O2/c1-14-18(11-12-19(30)26-17-9-7-16(23)8-10-17)20(31)29-22(25-14)27-21(28-29)24-13-15-5-3-2-4-6-15/h2-10H,11-13H2,1H3,(H,26,30)(H2,24,25,27,28). The molecule has 2 aromatic heterocycles. The van der Waals surface area contributed by atoms with Gasteiger partial charge in [-0.05, 0) is 43.2 Å². The number of anilines is 2. The maximum Gasteiger partial charge on any atom is 0.277 e. The molecule has 0 radical (unpaired) electrons. The molecule has 2 heterocycles. The van der Waals surface area contributed by atoms with Crippen LogP contribution in [0.4, 0.5) is 11.6 Å². The van der Waals surface area contributed by atoms with E-state index in [1.54, 1.807) is 31.2 Å². The van der Waals surface area contributed by atoms with Crippen molar-refractivity contribution in [3.63, 3.8) is 0 Å². The lowest BCUT2D eigenvalue weighted by Crippen LogP contribution is -2.23. The topological polar surface area (TPSA) is 104 Å². The largest absolute Gasteiger partial charge is 0.351 e. The molecule has 0 aliphatic rings. The second-order valence-corrected chi connectivity index (χ2v) is 7.52. The van der Waals surface area contributed by atoms with E-state index in [0.717, 1.165) is 5.56 Å². The van der Waals surface area contributed by atoms with E-state index in [1.165, 1.54) is 4.52 Å². The van der Waals surface area contributed by atoms with E-state index in [1.807, 2.05) is 30.3 Å². The van der Waals surface area contributed by atoms with Gasteiger partial charge in [0.05, 0.1) is 5.69 Å². The van der Waals surface area contributed by atoms with Crippen LogP contribution in [0.3, 0.4) is 0 Å². The van der Waals surface area contributed by atoms with Crippen molar-refractivity contribution in [1.82, 2.24) is 19.6 Å². The number of aromatic nitrogens is 4. The van der Waals surface area contributed by atoms with Crippen molar-refractivity contribution in [2.24, 2.45) is 0 Å². The van der Waals surface area contributed by atoms with Gasteiger partial charge in [0.25, 0.3) is 11.3 Å². The number of carbonyl (C=O) groups is 1. The van der Waals surface area contributed by atoms with Crippen molar-refractivity contribution >= 4 is 34.9 Å². The third-order valence-electron chi connectivity index (χ3n) is 4.83. The summed E-state index contributed by atoms with van der Waals surface area (Å²) in [5.74, 6) is 0.541. The molecule has 0 spiro atoms. The number of hydrogen-bond acceptors (Lipinski definition) is 5. The summed E-state index contributed by atoms with van der Waals surface area (Å²) in [5, 5.41) is 9.49. The van der Waals surface area contributed by atoms with Gasteiger partial charge in [0.1, 0.15) is 0 Å². The average molecular weight is 437 g/mol. The van der Waals surface area contributed by atoms with Crippen LogP contribution in [0.25, 0.3) is 5.78 Å². The van der Waals surface area contributed by atoms with E-state index in [-0.39, 0.29) is 30.1 Å². The van der Waals surface area contributed by atoms with Crippen molar-refractivity contribution in [2.75, 3.05) is 10.6 Å². The van der Waals surface area contributed by atoms with Crippen molar-refractivity contribution in [3.8, 4) is 0 Å². The lowest BCUT2D eigenvalue weighted by molar-refractivity contribution is -0.116. The molecule has 0 unspecified atom stereocenters. The summed E-state index contributed by atoms with van der Waals surface area (Å²) in [7, 11) is 0. The zero-order valence-electron chi connectivity index (χ0n) is 16.9. The maximum atomic E-state index is 12.9. The Morgan fingerprint density at radius 3 is 2.58 bits per heavy atom. The number of aryl methyl sites for hydroxylation is 1. The van der Waals surface area contributed by atoms with Crippen LogP contribution in [0.5, 0.6) is 0 Å². The monoisotopic (exact) mass is 436 g/mol. The van der Waals surface area contributed by atoms with E-state index in [9.17, 15) is 9.59 Å². The molecule has 0 saturated carbocycles. The smallest absolute Gasteiger partial charge is 0.277 e. The summed E-state index contributed by atoms with van der Waals surface area (Å²) in [6, 6.07) is 16.7. The molecule has 4 rings (SSSR count). The van der Waals surface area contributed by atoms with E-state index in [2.05, 4.69) is 25.7 Å². The first-order chi connectivity index (χ1) is 15.0. The van der Waals surface area contributed by atoms with Gasteiger partial charge in [-0.2, -0.15) is 9.50 Å². The second-order valence-electron chi connectivity index (χ2n) is 7.08. The molecular weight excluding hydrogens is 416 g/mol. The Morgan fingerprint density at radius 1 is 1.10 bits per heavy atom. The Kier molecular flexibility index (Phi) is 5.99. The fourth-order valence-electron chi connectivity index (χ4n) is 3.20. The molecule has 1 amide bonds. The van der Waals surface area contributed by atoms with E-state index in [0.29, 0.717) is 34.5 Å². The molecule has 9 heteroatoms. The van der Waals surface area contributed by atoms with Crippen LogP contribution >= 0.6 is 11.6 Å². The van der Waals surface area contributed by atoms with E-state index in [4.69, 9.17) is 11.6 Å². The summed E-state index contributed by atoms with van der Waals surface area (Å²) in [5.41, 5.74) is 2.51. The number of benzene rings is 2. The molecule has 0 saturated heterocycles. The molecule has 0 atom stereocenters. The number of amides is 1. The van der Waals surface area contributed by atoms with Crippen molar-refractivity contribution in [1.29, 1.82) is 0 Å². The molecule has 31 heavy (non-hydrogen) atoms. The van der Waals surface area contributed by atoms with Crippen molar-refractivity contribution in [3.05, 3.63) is 86.8 Å². The Bertz CT molecular complexity index is 1270. The molecule has 2 aromatic carbocycles. The minimum atomic E-state index is -0.262. The van der Waals surface area contributed by atoms with E-state index < -0.39 is 0 Å². The van der Waals surface area contributed by atoms with Crippen molar-refractivity contribution in [2.45, 2.75) is 26.3 Å². The number of halogens is 1. The van der Waals surface area contributed by atoms with Gasteiger partial charge in [0, 0.05) is 29.2 Å². The number of aromatic amines is 1. The Balaban J connectivity index is 1.45. The molecule has 4 aromatic rings. The number of nitrogens with zero attached hydrogens (tertiary/aromatic N) is 3. The van der Waals surface area contributed by atoms with Gasteiger partial charge >= 0.3 is 0 Å². The fraction of sp³-hybridized carbons (Fsp3) is 0.182. The predicted molar refractivity (Wildman–Crippen MR) is 121 cm³/mol. The van der Waals surface area contributed by atoms with Crippen LogP contribution in [-0.4, -0.2) is 25.5 Å². The zero-order chi connectivity index (χ0) is 21.8. The van der Waals surface area contributed by atoms with Gasteiger partial charge in [-0.25, -0.2) is 4.98 Å². The van der Waals surface area contributed by atoms with Crippen LogP contribution in [0.1, 0.15) is 23.2 Å². The van der Waals surface area contributed by atoms with Crippen LogP contribution < -0.4 is 16.2 Å². The first-order valence-corrected chi connectivity index (χ1v) is 10.2. The first kappa shape index (κ1) is 20.6. The fourth-order valence-corrected chi connectivity index (χ4v) is 3.32. The normalized spacial score (nSPS) is 10.9. The maximum absolute atomic E-state index is 12.9. The lowest BCUT2D eigenvalue weighted by atomic mass is 10.1. The van der Waals surface area contributed by atoms with Gasteiger partial charge in [0.15, 0.2) is 0 Å². The first-order valence-electron chi connectivity index (χ1n) is 9.81. The minimum Gasteiger partial charge on any atom is -0.351 e. The van der Waals surface area contributed by atoms with Crippen LogP contribution in [0.2, 0.25) is 5.02 Å². The second kappa shape index (κ2) is 9.01.